The normalized spacial score (nSPS) is 10.6. The molecule has 0 unspecified atom stereocenters. The number of hydrogen-bond acceptors (Lipinski definition) is 3. The van der Waals surface area contributed by atoms with Gasteiger partial charge in [-0.25, -0.2) is 0 Å². The van der Waals surface area contributed by atoms with Gasteiger partial charge in [0, 0.05) is 24.4 Å². The van der Waals surface area contributed by atoms with Crippen molar-refractivity contribution >= 4 is 28.4 Å². The lowest BCUT2D eigenvalue weighted by Crippen LogP contribution is -2.16. The standard InChI is InChI=1S/C24H20N2O3/c27-23(14-15-24(28)26-17-16-18-8-4-6-12-21(18)26)25-20-11-5-7-13-22(20)29-19-9-2-1-3-10-19/h1-13,16-17H,14-15H2,(H,25,27). The number of benzene rings is 3. The number of carbonyl (C=O) groups excluding carboxylic acids is 2. The largest absolute Gasteiger partial charge is 0.455 e. The quantitative estimate of drug-likeness (QED) is 0.478. The second-order valence-corrected chi connectivity index (χ2v) is 6.60. The third-order valence-corrected chi connectivity index (χ3v) is 4.57. The summed E-state index contributed by atoms with van der Waals surface area (Å²) in [6.45, 7) is 0. The van der Waals surface area contributed by atoms with E-state index in [9.17, 15) is 9.59 Å². The molecule has 0 fully saturated rings. The van der Waals surface area contributed by atoms with Gasteiger partial charge in [-0.15, -0.1) is 0 Å². The minimum absolute atomic E-state index is 0.0883. The Balaban J connectivity index is 1.39. The van der Waals surface area contributed by atoms with E-state index in [0.717, 1.165) is 10.9 Å². The number of rotatable bonds is 6. The molecule has 3 aromatic carbocycles. The zero-order valence-corrected chi connectivity index (χ0v) is 15.7. The van der Waals surface area contributed by atoms with Crippen LogP contribution in [0.25, 0.3) is 10.9 Å². The zero-order valence-electron chi connectivity index (χ0n) is 15.7. The van der Waals surface area contributed by atoms with Gasteiger partial charge in [-0.2, -0.15) is 0 Å². The van der Waals surface area contributed by atoms with Crippen molar-refractivity contribution < 1.29 is 14.3 Å². The minimum Gasteiger partial charge on any atom is -0.455 e. The lowest BCUT2D eigenvalue weighted by molar-refractivity contribution is -0.116. The van der Waals surface area contributed by atoms with E-state index in [0.29, 0.717) is 17.2 Å². The highest BCUT2D eigenvalue weighted by molar-refractivity contribution is 5.97. The van der Waals surface area contributed by atoms with Crippen molar-refractivity contribution in [3.05, 3.63) is 91.1 Å². The molecule has 0 spiro atoms. The van der Waals surface area contributed by atoms with Crippen LogP contribution in [-0.4, -0.2) is 16.4 Å². The molecule has 0 aliphatic heterocycles. The molecule has 0 saturated heterocycles. The van der Waals surface area contributed by atoms with E-state index >= 15 is 0 Å². The summed E-state index contributed by atoms with van der Waals surface area (Å²) in [5, 5.41) is 3.84. The van der Waals surface area contributed by atoms with E-state index in [1.54, 1.807) is 22.9 Å². The maximum absolute atomic E-state index is 12.5. The van der Waals surface area contributed by atoms with Crippen LogP contribution in [0.4, 0.5) is 5.69 Å². The fourth-order valence-corrected chi connectivity index (χ4v) is 3.13. The lowest BCUT2D eigenvalue weighted by Gasteiger charge is -2.12. The van der Waals surface area contributed by atoms with Gasteiger partial charge < -0.3 is 10.1 Å². The Morgan fingerprint density at radius 1 is 0.793 bits per heavy atom. The summed E-state index contributed by atoms with van der Waals surface area (Å²) in [5.74, 6) is 0.882. The van der Waals surface area contributed by atoms with Crippen LogP contribution in [0.1, 0.15) is 17.6 Å². The van der Waals surface area contributed by atoms with Crippen molar-refractivity contribution in [2.24, 2.45) is 0 Å². The van der Waals surface area contributed by atoms with E-state index in [1.807, 2.05) is 72.8 Å². The first-order valence-corrected chi connectivity index (χ1v) is 9.42. The number of carbonyl (C=O) groups is 2. The maximum atomic E-state index is 12.5. The van der Waals surface area contributed by atoms with Crippen molar-refractivity contribution in [1.29, 1.82) is 0 Å². The molecule has 1 heterocycles. The number of hydrogen-bond donors (Lipinski definition) is 1. The van der Waals surface area contributed by atoms with Crippen LogP contribution in [0.2, 0.25) is 0 Å². The maximum Gasteiger partial charge on any atom is 0.231 e. The first-order valence-electron chi connectivity index (χ1n) is 9.42. The summed E-state index contributed by atoms with van der Waals surface area (Å²) >= 11 is 0. The smallest absolute Gasteiger partial charge is 0.231 e. The number of aromatic nitrogens is 1. The van der Waals surface area contributed by atoms with E-state index in [1.165, 1.54) is 0 Å². The van der Waals surface area contributed by atoms with Crippen molar-refractivity contribution in [2.45, 2.75) is 12.8 Å². The molecule has 4 rings (SSSR count). The molecule has 0 bridgehead atoms. The number of para-hydroxylation sites is 4. The van der Waals surface area contributed by atoms with E-state index in [2.05, 4.69) is 5.32 Å². The zero-order chi connectivity index (χ0) is 20.1. The van der Waals surface area contributed by atoms with Gasteiger partial charge in [-0.3, -0.25) is 14.2 Å². The summed E-state index contributed by atoms with van der Waals surface area (Å²) in [7, 11) is 0. The number of nitrogens with one attached hydrogen (secondary N) is 1. The highest BCUT2D eigenvalue weighted by Gasteiger charge is 2.13. The van der Waals surface area contributed by atoms with Crippen LogP contribution in [0.5, 0.6) is 11.5 Å². The average Bonchev–Trinajstić information content (AvgIpc) is 3.18. The number of ether oxygens (including phenoxy) is 1. The molecule has 0 atom stereocenters. The summed E-state index contributed by atoms with van der Waals surface area (Å²) in [4.78, 5) is 25.0. The lowest BCUT2D eigenvalue weighted by atomic mass is 10.2. The number of fused-ring (bicyclic) bond motifs is 1. The Kier molecular flexibility index (Phi) is 5.38. The Hall–Kier alpha value is -3.86. The highest BCUT2D eigenvalue weighted by Crippen LogP contribution is 2.29. The Morgan fingerprint density at radius 2 is 1.52 bits per heavy atom. The van der Waals surface area contributed by atoms with Crippen LogP contribution < -0.4 is 10.1 Å². The molecule has 144 valence electrons. The van der Waals surface area contributed by atoms with E-state index in [-0.39, 0.29) is 24.7 Å². The molecule has 0 radical (unpaired) electrons. The Bertz CT molecular complexity index is 1150. The third kappa shape index (κ3) is 4.35. The molecule has 1 N–H and O–H groups in total. The summed E-state index contributed by atoms with van der Waals surface area (Å²) < 4.78 is 7.45. The van der Waals surface area contributed by atoms with Crippen molar-refractivity contribution in [3.63, 3.8) is 0 Å². The summed E-state index contributed by atoms with van der Waals surface area (Å²) in [6, 6.07) is 26.2. The molecule has 29 heavy (non-hydrogen) atoms. The van der Waals surface area contributed by atoms with Crippen LogP contribution in [0.15, 0.2) is 91.1 Å². The fourth-order valence-electron chi connectivity index (χ4n) is 3.13. The van der Waals surface area contributed by atoms with Gasteiger partial charge in [0.2, 0.25) is 11.8 Å². The first kappa shape index (κ1) is 18.5. The van der Waals surface area contributed by atoms with Crippen LogP contribution >= 0.6 is 0 Å². The van der Waals surface area contributed by atoms with Gasteiger partial charge in [0.05, 0.1) is 11.2 Å². The van der Waals surface area contributed by atoms with E-state index in [4.69, 9.17) is 4.74 Å². The molecule has 1 aromatic heterocycles. The van der Waals surface area contributed by atoms with Crippen LogP contribution in [0.3, 0.4) is 0 Å². The number of amides is 1. The predicted octanol–water partition coefficient (Wildman–Crippen LogP) is 5.49. The Morgan fingerprint density at radius 3 is 2.38 bits per heavy atom. The van der Waals surface area contributed by atoms with Crippen LogP contribution in [-0.2, 0) is 4.79 Å². The van der Waals surface area contributed by atoms with Gasteiger partial charge >= 0.3 is 0 Å². The van der Waals surface area contributed by atoms with E-state index < -0.39 is 0 Å². The van der Waals surface area contributed by atoms with Crippen molar-refractivity contribution in [1.82, 2.24) is 4.57 Å². The first-order chi connectivity index (χ1) is 14.2. The highest BCUT2D eigenvalue weighted by atomic mass is 16.5. The molecule has 0 aliphatic carbocycles. The molecular weight excluding hydrogens is 364 g/mol. The van der Waals surface area contributed by atoms with Crippen LogP contribution in [0, 0.1) is 0 Å². The minimum atomic E-state index is -0.237. The molecule has 4 aromatic rings. The molecular formula is C24H20N2O3. The predicted molar refractivity (Wildman–Crippen MR) is 113 cm³/mol. The Labute approximate surface area is 168 Å². The molecule has 0 saturated carbocycles. The van der Waals surface area contributed by atoms with Gasteiger partial charge in [-0.05, 0) is 36.4 Å². The number of nitrogens with zero attached hydrogens (tertiary/aromatic N) is 1. The van der Waals surface area contributed by atoms with Crippen molar-refractivity contribution in [2.75, 3.05) is 5.32 Å². The molecule has 5 nitrogen and oxygen atoms in total. The summed E-state index contributed by atoms with van der Waals surface area (Å²) in [6.07, 6.45) is 1.95. The summed E-state index contributed by atoms with van der Waals surface area (Å²) in [5.41, 5.74) is 1.42. The van der Waals surface area contributed by atoms with Gasteiger partial charge in [0.1, 0.15) is 5.75 Å². The molecule has 1 amide bonds. The molecule has 5 heteroatoms. The third-order valence-electron chi connectivity index (χ3n) is 4.57. The van der Waals surface area contributed by atoms with Gasteiger partial charge in [0.15, 0.2) is 5.75 Å². The second kappa shape index (κ2) is 8.44. The fraction of sp³-hybridized carbons (Fsp3) is 0.0833. The van der Waals surface area contributed by atoms with Gasteiger partial charge in [-0.1, -0.05) is 48.5 Å². The second-order valence-electron chi connectivity index (χ2n) is 6.60. The topological polar surface area (TPSA) is 60.3 Å². The van der Waals surface area contributed by atoms with Crippen molar-refractivity contribution in [3.8, 4) is 11.5 Å². The average molecular weight is 384 g/mol. The number of anilines is 1. The molecule has 0 aliphatic rings. The SMILES string of the molecule is O=C(CCC(=O)n1ccc2ccccc21)Nc1ccccc1Oc1ccccc1. The monoisotopic (exact) mass is 384 g/mol. The van der Waals surface area contributed by atoms with Gasteiger partial charge in [0.25, 0.3) is 0 Å².